The van der Waals surface area contributed by atoms with E-state index in [9.17, 15) is 9.59 Å². The standard InChI is InChI=1S/C12H20N2O2/c1-3-4-6-13-11(15)5-7-14-12(16)10-8-9(10)2/h3,9-10H,1,4-8H2,2H3,(H,13,15)(H,14,16). The van der Waals surface area contributed by atoms with E-state index in [4.69, 9.17) is 0 Å². The van der Waals surface area contributed by atoms with Crippen LogP contribution in [0.5, 0.6) is 0 Å². The van der Waals surface area contributed by atoms with Gasteiger partial charge in [-0.1, -0.05) is 13.0 Å². The summed E-state index contributed by atoms with van der Waals surface area (Å²) in [7, 11) is 0. The van der Waals surface area contributed by atoms with Gasteiger partial charge in [0.25, 0.3) is 0 Å². The first kappa shape index (κ1) is 12.7. The molecule has 2 amide bonds. The second-order valence-electron chi connectivity index (χ2n) is 4.29. The Balaban J connectivity index is 1.99. The van der Waals surface area contributed by atoms with Crippen LogP contribution in [0, 0.1) is 11.8 Å². The van der Waals surface area contributed by atoms with E-state index in [1.165, 1.54) is 0 Å². The van der Waals surface area contributed by atoms with Crippen LogP contribution in [0.2, 0.25) is 0 Å². The van der Waals surface area contributed by atoms with Gasteiger partial charge in [0.15, 0.2) is 0 Å². The van der Waals surface area contributed by atoms with Gasteiger partial charge in [0, 0.05) is 25.4 Å². The molecule has 0 bridgehead atoms. The van der Waals surface area contributed by atoms with Gasteiger partial charge in [-0.15, -0.1) is 6.58 Å². The summed E-state index contributed by atoms with van der Waals surface area (Å²) in [5.74, 6) is 0.766. The van der Waals surface area contributed by atoms with E-state index in [0.717, 1.165) is 12.8 Å². The third kappa shape index (κ3) is 4.47. The fourth-order valence-corrected chi connectivity index (χ4v) is 1.52. The van der Waals surface area contributed by atoms with Crippen molar-refractivity contribution in [2.75, 3.05) is 13.1 Å². The normalized spacial score (nSPS) is 22.3. The van der Waals surface area contributed by atoms with Crippen molar-refractivity contribution in [3.05, 3.63) is 12.7 Å². The molecule has 1 aliphatic carbocycles. The van der Waals surface area contributed by atoms with Gasteiger partial charge < -0.3 is 10.6 Å². The summed E-state index contributed by atoms with van der Waals surface area (Å²) in [6, 6.07) is 0. The molecule has 4 heteroatoms. The topological polar surface area (TPSA) is 58.2 Å². The van der Waals surface area contributed by atoms with E-state index >= 15 is 0 Å². The van der Waals surface area contributed by atoms with E-state index in [0.29, 0.717) is 25.4 Å². The summed E-state index contributed by atoms with van der Waals surface area (Å²) in [5.41, 5.74) is 0. The summed E-state index contributed by atoms with van der Waals surface area (Å²) in [6.45, 7) is 6.68. The number of carbonyl (C=O) groups excluding carboxylic acids is 2. The third-order valence-corrected chi connectivity index (χ3v) is 2.77. The molecule has 0 heterocycles. The Hall–Kier alpha value is -1.32. The lowest BCUT2D eigenvalue weighted by Crippen LogP contribution is -2.32. The number of hydrogen-bond acceptors (Lipinski definition) is 2. The zero-order valence-electron chi connectivity index (χ0n) is 9.79. The highest BCUT2D eigenvalue weighted by Crippen LogP contribution is 2.37. The van der Waals surface area contributed by atoms with Crippen LogP contribution in [0.25, 0.3) is 0 Å². The molecule has 16 heavy (non-hydrogen) atoms. The van der Waals surface area contributed by atoms with Crippen molar-refractivity contribution in [2.45, 2.75) is 26.2 Å². The van der Waals surface area contributed by atoms with Crippen molar-refractivity contribution in [3.63, 3.8) is 0 Å². The lowest BCUT2D eigenvalue weighted by Gasteiger charge is -2.05. The minimum atomic E-state index is -0.0222. The zero-order valence-corrected chi connectivity index (χ0v) is 9.79. The Morgan fingerprint density at radius 1 is 1.38 bits per heavy atom. The SMILES string of the molecule is C=CCCNC(=O)CCNC(=O)C1CC1C. The molecule has 0 saturated heterocycles. The second-order valence-corrected chi connectivity index (χ2v) is 4.29. The Morgan fingerprint density at radius 3 is 2.62 bits per heavy atom. The summed E-state index contributed by atoms with van der Waals surface area (Å²) < 4.78 is 0. The number of rotatable bonds is 7. The molecule has 4 nitrogen and oxygen atoms in total. The maximum absolute atomic E-state index is 11.4. The van der Waals surface area contributed by atoms with Crippen molar-refractivity contribution < 1.29 is 9.59 Å². The van der Waals surface area contributed by atoms with Gasteiger partial charge in [-0.05, 0) is 18.8 Å². The van der Waals surface area contributed by atoms with Crippen LogP contribution in [0.4, 0.5) is 0 Å². The summed E-state index contributed by atoms with van der Waals surface area (Å²) in [5, 5.41) is 5.53. The molecule has 1 fully saturated rings. The molecule has 0 radical (unpaired) electrons. The Bertz CT molecular complexity index is 276. The first-order valence-corrected chi connectivity index (χ1v) is 5.80. The maximum atomic E-state index is 11.4. The number of nitrogens with one attached hydrogen (secondary N) is 2. The lowest BCUT2D eigenvalue weighted by molar-refractivity contribution is -0.123. The van der Waals surface area contributed by atoms with Crippen molar-refractivity contribution in [1.29, 1.82) is 0 Å². The summed E-state index contributed by atoms with van der Waals surface area (Å²) >= 11 is 0. The predicted octanol–water partition coefficient (Wildman–Crippen LogP) is 0.841. The highest BCUT2D eigenvalue weighted by atomic mass is 16.2. The predicted molar refractivity (Wildman–Crippen MR) is 62.7 cm³/mol. The number of carbonyl (C=O) groups is 2. The van der Waals surface area contributed by atoms with Gasteiger partial charge >= 0.3 is 0 Å². The average molecular weight is 224 g/mol. The Morgan fingerprint density at radius 2 is 2.06 bits per heavy atom. The fraction of sp³-hybridized carbons (Fsp3) is 0.667. The maximum Gasteiger partial charge on any atom is 0.223 e. The molecule has 1 rings (SSSR count). The van der Waals surface area contributed by atoms with E-state index in [1.807, 2.05) is 0 Å². The highest BCUT2D eigenvalue weighted by Gasteiger charge is 2.38. The minimum absolute atomic E-state index is 0.0222. The monoisotopic (exact) mass is 224 g/mol. The fourth-order valence-electron chi connectivity index (χ4n) is 1.52. The van der Waals surface area contributed by atoms with E-state index in [1.54, 1.807) is 6.08 Å². The third-order valence-electron chi connectivity index (χ3n) is 2.77. The van der Waals surface area contributed by atoms with Crippen LogP contribution in [-0.2, 0) is 9.59 Å². The van der Waals surface area contributed by atoms with Crippen LogP contribution in [-0.4, -0.2) is 24.9 Å². The van der Waals surface area contributed by atoms with Crippen molar-refractivity contribution in [1.82, 2.24) is 10.6 Å². The molecule has 0 spiro atoms. The largest absolute Gasteiger partial charge is 0.356 e. The molecular weight excluding hydrogens is 204 g/mol. The van der Waals surface area contributed by atoms with Gasteiger partial charge in [0.2, 0.25) is 11.8 Å². The van der Waals surface area contributed by atoms with Crippen LogP contribution in [0.15, 0.2) is 12.7 Å². The molecule has 1 saturated carbocycles. The van der Waals surface area contributed by atoms with Crippen molar-refractivity contribution in [3.8, 4) is 0 Å². The van der Waals surface area contributed by atoms with E-state index in [-0.39, 0.29) is 17.7 Å². The summed E-state index contributed by atoms with van der Waals surface area (Å²) in [4.78, 5) is 22.7. The first-order valence-electron chi connectivity index (χ1n) is 5.80. The van der Waals surface area contributed by atoms with Crippen LogP contribution in [0.3, 0.4) is 0 Å². The van der Waals surface area contributed by atoms with Crippen molar-refractivity contribution in [2.24, 2.45) is 11.8 Å². The number of amides is 2. The van der Waals surface area contributed by atoms with Gasteiger partial charge in [0.05, 0.1) is 0 Å². The van der Waals surface area contributed by atoms with Crippen LogP contribution >= 0.6 is 0 Å². The molecule has 0 aromatic carbocycles. The molecule has 90 valence electrons. The van der Waals surface area contributed by atoms with Gasteiger partial charge in [-0.2, -0.15) is 0 Å². The van der Waals surface area contributed by atoms with Crippen molar-refractivity contribution >= 4 is 11.8 Å². The smallest absolute Gasteiger partial charge is 0.223 e. The van der Waals surface area contributed by atoms with E-state index < -0.39 is 0 Å². The molecule has 1 aliphatic rings. The van der Waals surface area contributed by atoms with E-state index in [2.05, 4.69) is 24.1 Å². The molecule has 2 N–H and O–H groups in total. The van der Waals surface area contributed by atoms with Gasteiger partial charge in [-0.25, -0.2) is 0 Å². The first-order chi connectivity index (χ1) is 7.65. The highest BCUT2D eigenvalue weighted by molar-refractivity contribution is 5.82. The molecule has 0 aliphatic heterocycles. The van der Waals surface area contributed by atoms with Gasteiger partial charge in [0.1, 0.15) is 0 Å². The Kier molecular flexibility index (Phi) is 5.02. The summed E-state index contributed by atoms with van der Waals surface area (Å²) in [6.07, 6.45) is 3.87. The molecular formula is C12H20N2O2. The minimum Gasteiger partial charge on any atom is -0.356 e. The number of hydrogen-bond donors (Lipinski definition) is 2. The molecule has 2 unspecified atom stereocenters. The zero-order chi connectivity index (χ0) is 12.0. The quantitative estimate of drug-likeness (QED) is 0.497. The molecule has 2 atom stereocenters. The van der Waals surface area contributed by atoms with Crippen LogP contribution in [0.1, 0.15) is 26.2 Å². The molecule has 0 aromatic rings. The van der Waals surface area contributed by atoms with Crippen LogP contribution < -0.4 is 10.6 Å². The lowest BCUT2D eigenvalue weighted by atomic mass is 10.3. The van der Waals surface area contributed by atoms with Gasteiger partial charge in [-0.3, -0.25) is 9.59 Å². The average Bonchev–Trinajstić information content (AvgIpc) is 2.96. The second kappa shape index (κ2) is 6.30. The Labute approximate surface area is 96.5 Å². The molecule has 0 aromatic heterocycles.